The smallest absolute Gasteiger partial charge is 0.165 e. The minimum atomic E-state index is -0.416. The van der Waals surface area contributed by atoms with Crippen molar-refractivity contribution in [3.05, 3.63) is 63.6 Å². The van der Waals surface area contributed by atoms with E-state index in [1.54, 1.807) is 12.1 Å². The Morgan fingerprint density at radius 2 is 1.90 bits per heavy atom. The van der Waals surface area contributed by atoms with Gasteiger partial charge in [-0.05, 0) is 48.0 Å². The molecule has 0 saturated carbocycles. The second-order valence-corrected chi connectivity index (χ2v) is 5.53. The van der Waals surface area contributed by atoms with Crippen molar-refractivity contribution in [3.8, 4) is 5.75 Å². The first-order chi connectivity index (χ1) is 10.1. The molecule has 0 radical (unpaired) electrons. The number of rotatable bonds is 6. The van der Waals surface area contributed by atoms with Crippen LogP contribution in [0.2, 0.25) is 0 Å². The van der Waals surface area contributed by atoms with Crippen LogP contribution >= 0.6 is 15.9 Å². The van der Waals surface area contributed by atoms with E-state index in [0.29, 0.717) is 16.6 Å². The van der Waals surface area contributed by atoms with E-state index in [4.69, 9.17) is 4.74 Å². The average molecular weight is 356 g/mol. The standard InChI is InChI=1S/C16H16BrF2NO/c1-2-20-9-11-3-4-16(15(19)7-11)21-10-12-5-13(17)8-14(18)6-12/h3-8,20H,2,9-10H2,1H3. The normalized spacial score (nSPS) is 10.7. The van der Waals surface area contributed by atoms with Crippen LogP contribution in [0.3, 0.4) is 0 Å². The lowest BCUT2D eigenvalue weighted by Crippen LogP contribution is -2.11. The van der Waals surface area contributed by atoms with E-state index in [0.717, 1.165) is 12.1 Å². The number of nitrogens with one attached hydrogen (secondary N) is 1. The lowest BCUT2D eigenvalue weighted by molar-refractivity contribution is 0.289. The number of ether oxygens (including phenoxy) is 1. The molecule has 0 aliphatic carbocycles. The minimum absolute atomic E-state index is 0.111. The fourth-order valence-electron chi connectivity index (χ4n) is 1.90. The summed E-state index contributed by atoms with van der Waals surface area (Å²) in [5.74, 6) is -0.610. The third-order valence-electron chi connectivity index (χ3n) is 2.89. The molecule has 0 spiro atoms. The van der Waals surface area contributed by atoms with Gasteiger partial charge in [-0.25, -0.2) is 8.78 Å². The highest BCUT2D eigenvalue weighted by Gasteiger charge is 2.06. The number of hydrogen-bond acceptors (Lipinski definition) is 2. The monoisotopic (exact) mass is 355 g/mol. The van der Waals surface area contributed by atoms with E-state index >= 15 is 0 Å². The van der Waals surface area contributed by atoms with Gasteiger partial charge in [0.2, 0.25) is 0 Å². The van der Waals surface area contributed by atoms with Crippen molar-refractivity contribution in [2.45, 2.75) is 20.1 Å². The van der Waals surface area contributed by atoms with Gasteiger partial charge < -0.3 is 10.1 Å². The Labute approximate surface area is 131 Å². The van der Waals surface area contributed by atoms with Gasteiger partial charge >= 0.3 is 0 Å². The van der Waals surface area contributed by atoms with Gasteiger partial charge in [-0.15, -0.1) is 0 Å². The minimum Gasteiger partial charge on any atom is -0.486 e. The molecule has 1 N–H and O–H groups in total. The summed E-state index contributed by atoms with van der Waals surface area (Å²) in [5.41, 5.74) is 1.49. The lowest BCUT2D eigenvalue weighted by atomic mass is 10.2. The summed E-state index contributed by atoms with van der Waals surface area (Å²) in [6, 6.07) is 9.31. The quantitative estimate of drug-likeness (QED) is 0.828. The van der Waals surface area contributed by atoms with E-state index < -0.39 is 5.82 Å². The lowest BCUT2D eigenvalue weighted by Gasteiger charge is -2.09. The van der Waals surface area contributed by atoms with Crippen LogP contribution in [-0.2, 0) is 13.2 Å². The van der Waals surface area contributed by atoms with Gasteiger partial charge in [0, 0.05) is 11.0 Å². The number of hydrogen-bond donors (Lipinski definition) is 1. The molecule has 2 rings (SSSR count). The highest BCUT2D eigenvalue weighted by atomic mass is 79.9. The maximum Gasteiger partial charge on any atom is 0.165 e. The third kappa shape index (κ3) is 4.79. The van der Waals surface area contributed by atoms with E-state index in [9.17, 15) is 8.78 Å². The van der Waals surface area contributed by atoms with Gasteiger partial charge in [-0.2, -0.15) is 0 Å². The summed E-state index contributed by atoms with van der Waals surface area (Å²) >= 11 is 3.21. The van der Waals surface area contributed by atoms with E-state index in [1.165, 1.54) is 18.2 Å². The second-order valence-electron chi connectivity index (χ2n) is 4.61. The van der Waals surface area contributed by atoms with Crippen LogP contribution in [0.15, 0.2) is 40.9 Å². The molecule has 0 amide bonds. The summed E-state index contributed by atoms with van der Waals surface area (Å²) in [4.78, 5) is 0. The van der Waals surface area contributed by atoms with Crippen molar-refractivity contribution in [1.29, 1.82) is 0 Å². The van der Waals surface area contributed by atoms with Crippen LogP contribution in [0.25, 0.3) is 0 Å². The van der Waals surface area contributed by atoms with Gasteiger partial charge in [-0.1, -0.05) is 28.9 Å². The molecule has 112 valence electrons. The maximum atomic E-state index is 13.9. The second kappa shape index (κ2) is 7.52. The van der Waals surface area contributed by atoms with E-state index in [1.807, 2.05) is 13.0 Å². The molecule has 0 unspecified atom stereocenters. The molecule has 0 saturated heterocycles. The molecule has 2 aromatic rings. The summed E-state index contributed by atoms with van der Waals surface area (Å²) in [5, 5.41) is 3.13. The summed E-state index contributed by atoms with van der Waals surface area (Å²) in [6.07, 6.45) is 0. The molecule has 0 bridgehead atoms. The summed E-state index contributed by atoms with van der Waals surface area (Å²) in [6.45, 7) is 3.55. The molecule has 5 heteroatoms. The first-order valence-corrected chi connectivity index (χ1v) is 7.44. The van der Waals surface area contributed by atoms with Crippen LogP contribution in [0.5, 0.6) is 5.75 Å². The first kappa shape index (κ1) is 15.9. The number of halogens is 3. The van der Waals surface area contributed by atoms with Crippen molar-refractivity contribution >= 4 is 15.9 Å². The third-order valence-corrected chi connectivity index (χ3v) is 3.35. The Bertz CT molecular complexity index is 599. The highest BCUT2D eigenvalue weighted by Crippen LogP contribution is 2.21. The van der Waals surface area contributed by atoms with Crippen molar-refractivity contribution in [3.63, 3.8) is 0 Å². The number of benzene rings is 2. The molecular formula is C16H16BrF2NO. The molecular weight excluding hydrogens is 340 g/mol. The molecule has 0 aliphatic rings. The average Bonchev–Trinajstić information content (AvgIpc) is 2.43. The molecule has 21 heavy (non-hydrogen) atoms. The van der Waals surface area contributed by atoms with Crippen molar-refractivity contribution in [2.24, 2.45) is 0 Å². The highest BCUT2D eigenvalue weighted by molar-refractivity contribution is 9.10. The summed E-state index contributed by atoms with van der Waals surface area (Å²) < 4.78 is 33.2. The largest absolute Gasteiger partial charge is 0.486 e. The predicted molar refractivity (Wildman–Crippen MR) is 82.2 cm³/mol. The zero-order chi connectivity index (χ0) is 15.2. The molecule has 0 fully saturated rings. The van der Waals surface area contributed by atoms with Crippen LogP contribution in [0, 0.1) is 11.6 Å². The van der Waals surface area contributed by atoms with Gasteiger partial charge in [0.05, 0.1) is 0 Å². The van der Waals surface area contributed by atoms with Crippen molar-refractivity contribution in [1.82, 2.24) is 5.32 Å². The van der Waals surface area contributed by atoms with Crippen LogP contribution in [0.4, 0.5) is 8.78 Å². The molecule has 0 aliphatic heterocycles. The SMILES string of the molecule is CCNCc1ccc(OCc2cc(F)cc(Br)c2)c(F)c1. The molecule has 0 aromatic heterocycles. The van der Waals surface area contributed by atoms with Crippen LogP contribution < -0.4 is 10.1 Å². The van der Waals surface area contributed by atoms with Crippen molar-refractivity contribution in [2.75, 3.05) is 6.54 Å². The Kier molecular flexibility index (Phi) is 5.70. The van der Waals surface area contributed by atoms with Crippen LogP contribution in [0.1, 0.15) is 18.1 Å². The first-order valence-electron chi connectivity index (χ1n) is 6.65. The Balaban J connectivity index is 2.02. The maximum absolute atomic E-state index is 13.9. The Morgan fingerprint density at radius 3 is 2.57 bits per heavy atom. The fraction of sp³-hybridized carbons (Fsp3) is 0.250. The fourth-order valence-corrected chi connectivity index (χ4v) is 2.41. The van der Waals surface area contributed by atoms with Crippen molar-refractivity contribution < 1.29 is 13.5 Å². The molecule has 0 heterocycles. The predicted octanol–water partition coefficient (Wildman–Crippen LogP) is 4.42. The topological polar surface area (TPSA) is 21.3 Å². The molecule has 0 atom stereocenters. The molecule has 2 nitrogen and oxygen atoms in total. The van der Waals surface area contributed by atoms with E-state index in [2.05, 4.69) is 21.2 Å². The summed E-state index contributed by atoms with van der Waals surface area (Å²) in [7, 11) is 0. The van der Waals surface area contributed by atoms with Gasteiger partial charge in [0.1, 0.15) is 12.4 Å². The zero-order valence-electron chi connectivity index (χ0n) is 11.6. The van der Waals surface area contributed by atoms with Gasteiger partial charge in [0.25, 0.3) is 0 Å². The molecule has 2 aromatic carbocycles. The van der Waals surface area contributed by atoms with E-state index in [-0.39, 0.29) is 18.2 Å². The van der Waals surface area contributed by atoms with Crippen LogP contribution in [-0.4, -0.2) is 6.54 Å². The Morgan fingerprint density at radius 1 is 1.10 bits per heavy atom. The van der Waals surface area contributed by atoms with Gasteiger partial charge in [0.15, 0.2) is 11.6 Å². The van der Waals surface area contributed by atoms with Gasteiger partial charge in [-0.3, -0.25) is 0 Å². The zero-order valence-corrected chi connectivity index (χ0v) is 13.2. The Hall–Kier alpha value is -1.46.